The fraction of sp³-hybridized carbons (Fsp3) is 0.455. The zero-order chi connectivity index (χ0) is 13.0. The highest BCUT2D eigenvalue weighted by Gasteiger charge is 2.19. The highest BCUT2D eigenvalue weighted by atomic mass is 16.7. The topological polar surface area (TPSA) is 82.9 Å². The molecule has 18 heavy (non-hydrogen) atoms. The predicted molar refractivity (Wildman–Crippen MR) is 63.8 cm³/mol. The monoisotopic (exact) mass is 254 g/mol. The van der Waals surface area contributed by atoms with Crippen LogP contribution in [0.1, 0.15) is 0 Å². The molecule has 1 heterocycles. The van der Waals surface area contributed by atoms with Crippen LogP contribution in [0.15, 0.2) is 18.2 Å². The fourth-order valence-electron chi connectivity index (χ4n) is 1.66. The molecule has 7 heteroatoms. The Kier molecular flexibility index (Phi) is 3.96. The van der Waals surface area contributed by atoms with Crippen molar-refractivity contribution in [3.05, 3.63) is 28.3 Å². The lowest BCUT2D eigenvalue weighted by Gasteiger charge is -2.12. The van der Waals surface area contributed by atoms with Crippen LogP contribution < -0.4 is 10.1 Å². The first-order valence-corrected chi connectivity index (χ1v) is 5.50. The smallest absolute Gasteiger partial charge is 0.292 e. The molecule has 0 amide bonds. The van der Waals surface area contributed by atoms with Crippen molar-refractivity contribution in [2.24, 2.45) is 0 Å². The van der Waals surface area contributed by atoms with Gasteiger partial charge in [0.15, 0.2) is 6.29 Å². The molecule has 0 spiro atoms. The normalized spacial score (nSPS) is 15.6. The van der Waals surface area contributed by atoms with Gasteiger partial charge >= 0.3 is 0 Å². The number of nitro benzene ring substituents is 1. The number of rotatable bonds is 5. The van der Waals surface area contributed by atoms with E-state index in [2.05, 4.69) is 5.32 Å². The van der Waals surface area contributed by atoms with Crippen molar-refractivity contribution < 1.29 is 19.1 Å². The summed E-state index contributed by atoms with van der Waals surface area (Å²) in [7, 11) is 1.51. The van der Waals surface area contributed by atoms with Gasteiger partial charge in [0.1, 0.15) is 11.4 Å². The van der Waals surface area contributed by atoms with Crippen LogP contribution in [0.25, 0.3) is 0 Å². The predicted octanol–water partition coefficient (Wildman–Crippen LogP) is 1.39. The number of hydrogen-bond acceptors (Lipinski definition) is 6. The Morgan fingerprint density at radius 3 is 2.83 bits per heavy atom. The van der Waals surface area contributed by atoms with Gasteiger partial charge in [0.2, 0.25) is 0 Å². The number of hydrogen-bond donors (Lipinski definition) is 1. The number of ether oxygens (including phenoxy) is 3. The van der Waals surface area contributed by atoms with Gasteiger partial charge in [-0.25, -0.2) is 0 Å². The lowest BCUT2D eigenvalue weighted by atomic mass is 10.2. The van der Waals surface area contributed by atoms with Crippen molar-refractivity contribution in [1.82, 2.24) is 0 Å². The number of nitrogens with zero attached hydrogens (tertiary/aromatic N) is 1. The maximum Gasteiger partial charge on any atom is 0.292 e. The Bertz CT molecular complexity index is 431. The molecular weight excluding hydrogens is 240 g/mol. The first-order valence-electron chi connectivity index (χ1n) is 5.50. The highest BCUT2D eigenvalue weighted by Crippen LogP contribution is 2.28. The number of methoxy groups -OCH3 is 1. The third-order valence-electron chi connectivity index (χ3n) is 2.55. The average molecular weight is 254 g/mol. The van der Waals surface area contributed by atoms with E-state index in [4.69, 9.17) is 14.2 Å². The summed E-state index contributed by atoms with van der Waals surface area (Å²) in [5.41, 5.74) is 0.382. The first-order chi connectivity index (χ1) is 8.70. The molecule has 0 bridgehead atoms. The second-order valence-electron chi connectivity index (χ2n) is 3.69. The van der Waals surface area contributed by atoms with E-state index < -0.39 is 4.92 Å². The van der Waals surface area contributed by atoms with Crippen molar-refractivity contribution in [2.75, 3.05) is 32.2 Å². The summed E-state index contributed by atoms with van der Waals surface area (Å²) < 4.78 is 15.5. The van der Waals surface area contributed by atoms with Gasteiger partial charge in [-0.15, -0.1) is 0 Å². The summed E-state index contributed by atoms with van der Waals surface area (Å²) in [5.74, 6) is 0.552. The molecule has 0 aromatic heterocycles. The van der Waals surface area contributed by atoms with Crippen LogP contribution in [0.4, 0.5) is 11.4 Å². The fourth-order valence-corrected chi connectivity index (χ4v) is 1.66. The van der Waals surface area contributed by atoms with Gasteiger partial charge in [-0.1, -0.05) is 0 Å². The lowest BCUT2D eigenvalue weighted by molar-refractivity contribution is -0.384. The summed E-state index contributed by atoms with van der Waals surface area (Å²) >= 11 is 0. The standard InChI is InChI=1S/C11H14N2O5/c1-16-8-2-3-10(13(14)15)9(6-8)12-7-11-17-4-5-18-11/h2-3,6,11-12H,4-5,7H2,1H3. The Morgan fingerprint density at radius 1 is 1.50 bits per heavy atom. The Hall–Kier alpha value is -1.86. The molecule has 0 aliphatic carbocycles. The van der Waals surface area contributed by atoms with Crippen LogP contribution in [0.2, 0.25) is 0 Å². The van der Waals surface area contributed by atoms with Crippen molar-refractivity contribution in [3.8, 4) is 5.75 Å². The largest absolute Gasteiger partial charge is 0.497 e. The van der Waals surface area contributed by atoms with Gasteiger partial charge in [-0.05, 0) is 6.07 Å². The van der Waals surface area contributed by atoms with Gasteiger partial charge in [-0.3, -0.25) is 10.1 Å². The number of anilines is 1. The van der Waals surface area contributed by atoms with Crippen LogP contribution in [0.5, 0.6) is 5.75 Å². The van der Waals surface area contributed by atoms with E-state index in [-0.39, 0.29) is 12.0 Å². The van der Waals surface area contributed by atoms with E-state index in [1.807, 2.05) is 0 Å². The summed E-state index contributed by atoms with van der Waals surface area (Å²) in [4.78, 5) is 10.4. The van der Waals surface area contributed by atoms with E-state index in [0.29, 0.717) is 31.2 Å². The Morgan fingerprint density at radius 2 is 2.22 bits per heavy atom. The van der Waals surface area contributed by atoms with E-state index in [0.717, 1.165) is 0 Å². The molecule has 0 unspecified atom stereocenters. The summed E-state index contributed by atoms with van der Waals surface area (Å²) in [5, 5.41) is 13.8. The molecule has 0 radical (unpaired) electrons. The van der Waals surface area contributed by atoms with Crippen LogP contribution in [-0.2, 0) is 9.47 Å². The van der Waals surface area contributed by atoms with E-state index in [1.165, 1.54) is 13.2 Å². The molecule has 0 atom stereocenters. The second kappa shape index (κ2) is 5.65. The van der Waals surface area contributed by atoms with E-state index in [1.54, 1.807) is 12.1 Å². The van der Waals surface area contributed by atoms with Gasteiger partial charge in [0.25, 0.3) is 5.69 Å². The summed E-state index contributed by atoms with van der Waals surface area (Å²) in [6.45, 7) is 1.45. The molecule has 1 fully saturated rings. The quantitative estimate of drug-likeness (QED) is 0.631. The van der Waals surface area contributed by atoms with Crippen LogP contribution in [-0.4, -0.2) is 38.1 Å². The molecule has 1 aliphatic heterocycles. The molecule has 1 N–H and O–H groups in total. The SMILES string of the molecule is COc1ccc([N+](=O)[O-])c(NCC2OCCO2)c1. The van der Waals surface area contributed by atoms with Crippen LogP contribution >= 0.6 is 0 Å². The summed E-state index contributed by atoms with van der Waals surface area (Å²) in [6, 6.07) is 4.52. The van der Waals surface area contributed by atoms with Crippen molar-refractivity contribution in [2.45, 2.75) is 6.29 Å². The van der Waals surface area contributed by atoms with E-state index >= 15 is 0 Å². The van der Waals surface area contributed by atoms with Crippen LogP contribution in [0.3, 0.4) is 0 Å². The van der Waals surface area contributed by atoms with Gasteiger partial charge in [0, 0.05) is 12.1 Å². The molecule has 1 saturated heterocycles. The van der Waals surface area contributed by atoms with Crippen molar-refractivity contribution in [1.29, 1.82) is 0 Å². The average Bonchev–Trinajstić information content (AvgIpc) is 2.88. The van der Waals surface area contributed by atoms with Crippen molar-refractivity contribution >= 4 is 11.4 Å². The zero-order valence-corrected chi connectivity index (χ0v) is 9.92. The molecule has 98 valence electrons. The van der Waals surface area contributed by atoms with Gasteiger partial charge in [0.05, 0.1) is 31.8 Å². The molecule has 1 aromatic rings. The Balaban J connectivity index is 2.10. The molecular formula is C11H14N2O5. The maximum absolute atomic E-state index is 10.9. The number of nitro groups is 1. The third kappa shape index (κ3) is 2.88. The second-order valence-corrected chi connectivity index (χ2v) is 3.69. The number of nitrogens with one attached hydrogen (secondary N) is 1. The summed E-state index contributed by atoms with van der Waals surface area (Å²) in [6.07, 6.45) is -0.365. The van der Waals surface area contributed by atoms with E-state index in [9.17, 15) is 10.1 Å². The molecule has 1 aromatic carbocycles. The number of benzene rings is 1. The van der Waals surface area contributed by atoms with Gasteiger partial charge < -0.3 is 19.5 Å². The molecule has 0 saturated carbocycles. The minimum atomic E-state index is -0.446. The lowest BCUT2D eigenvalue weighted by Crippen LogP contribution is -2.20. The Labute approximate surface area is 104 Å². The van der Waals surface area contributed by atoms with Gasteiger partial charge in [-0.2, -0.15) is 0 Å². The maximum atomic E-state index is 10.9. The van der Waals surface area contributed by atoms with Crippen LogP contribution in [0, 0.1) is 10.1 Å². The highest BCUT2D eigenvalue weighted by molar-refractivity contribution is 5.64. The minimum absolute atomic E-state index is 0.00574. The third-order valence-corrected chi connectivity index (χ3v) is 2.55. The molecule has 7 nitrogen and oxygen atoms in total. The van der Waals surface area contributed by atoms with Crippen molar-refractivity contribution in [3.63, 3.8) is 0 Å². The molecule has 2 rings (SSSR count). The minimum Gasteiger partial charge on any atom is -0.497 e. The zero-order valence-electron chi connectivity index (χ0n) is 9.92. The first kappa shape index (κ1) is 12.6. The molecule has 1 aliphatic rings.